The Morgan fingerprint density at radius 2 is 1.92 bits per heavy atom. The lowest BCUT2D eigenvalue weighted by Gasteiger charge is -2.42. The van der Waals surface area contributed by atoms with Crippen LogP contribution in [0.1, 0.15) is 35.9 Å². The number of fused-ring (bicyclic) bond motifs is 1. The van der Waals surface area contributed by atoms with Crippen LogP contribution in [0.25, 0.3) is 0 Å². The van der Waals surface area contributed by atoms with Crippen LogP contribution in [0.2, 0.25) is 0 Å². The molecule has 0 saturated carbocycles. The zero-order valence-electron chi connectivity index (χ0n) is 13.0. The number of hydrogen-bond donors (Lipinski definition) is 4. The van der Waals surface area contributed by atoms with E-state index in [9.17, 15) is 25.7 Å². The molecule has 7 nitrogen and oxygen atoms in total. The summed E-state index contributed by atoms with van der Waals surface area (Å²) in [6, 6.07) is 3.84. The number of aromatic nitrogens is 1. The Kier molecular flexibility index (Phi) is 5.01. The Balaban J connectivity index is 2.14. The molecular formula is C16H20N2O5S. The molecule has 5 atom stereocenters. The Bertz CT molecular complexity index is 726. The molecule has 0 spiro atoms. The second kappa shape index (κ2) is 6.88. The van der Waals surface area contributed by atoms with Crippen molar-refractivity contribution >= 4 is 12.2 Å². The number of aliphatic hydroxyl groups excluding tert-OH is 4. The summed E-state index contributed by atoms with van der Waals surface area (Å²) in [6.45, 7) is -0.505. The van der Waals surface area contributed by atoms with E-state index in [1.54, 1.807) is 10.6 Å². The monoisotopic (exact) mass is 352 g/mol. The first kappa shape index (κ1) is 17.5. The van der Waals surface area contributed by atoms with Gasteiger partial charge in [0, 0.05) is 5.69 Å². The summed E-state index contributed by atoms with van der Waals surface area (Å²) in [7, 11) is 0. The van der Waals surface area contributed by atoms with Crippen LogP contribution in [-0.4, -0.2) is 56.0 Å². The molecule has 1 aliphatic carbocycles. The van der Waals surface area contributed by atoms with E-state index in [0.717, 1.165) is 36.9 Å². The lowest BCUT2D eigenvalue weighted by Crippen LogP contribution is -2.56. The van der Waals surface area contributed by atoms with Gasteiger partial charge in [0.2, 0.25) is 0 Å². The molecule has 1 aromatic heterocycles. The third-order valence-electron chi connectivity index (χ3n) is 4.78. The molecule has 3 rings (SSSR count). The summed E-state index contributed by atoms with van der Waals surface area (Å²) in [5, 5.41) is 49.1. The van der Waals surface area contributed by atoms with Gasteiger partial charge in [0.15, 0.2) is 6.23 Å². The van der Waals surface area contributed by atoms with Crippen molar-refractivity contribution in [3.8, 4) is 6.07 Å². The van der Waals surface area contributed by atoms with E-state index in [2.05, 4.69) is 6.07 Å². The number of aryl methyl sites for hydroxylation is 1. The quantitative estimate of drug-likeness (QED) is 0.551. The molecule has 1 fully saturated rings. The molecule has 0 bridgehead atoms. The van der Waals surface area contributed by atoms with Gasteiger partial charge in [-0.15, -0.1) is 0 Å². The van der Waals surface area contributed by atoms with Crippen LogP contribution < -0.4 is 0 Å². The van der Waals surface area contributed by atoms with Gasteiger partial charge in [-0.3, -0.25) is 0 Å². The van der Waals surface area contributed by atoms with Crippen molar-refractivity contribution in [1.29, 1.82) is 5.26 Å². The van der Waals surface area contributed by atoms with Crippen LogP contribution >= 0.6 is 12.2 Å². The number of nitriles is 1. The minimum Gasteiger partial charge on any atom is -0.394 e. The number of rotatable bonds is 2. The van der Waals surface area contributed by atoms with Gasteiger partial charge in [0.25, 0.3) is 0 Å². The van der Waals surface area contributed by atoms with Crippen LogP contribution in [0, 0.1) is 16.0 Å². The highest BCUT2D eigenvalue weighted by atomic mass is 32.1. The highest BCUT2D eigenvalue weighted by Gasteiger charge is 2.45. The molecule has 0 amide bonds. The Morgan fingerprint density at radius 3 is 2.58 bits per heavy atom. The molecule has 1 aromatic rings. The summed E-state index contributed by atoms with van der Waals surface area (Å²) in [4.78, 5) is 0. The average Bonchev–Trinajstić information content (AvgIpc) is 2.60. The van der Waals surface area contributed by atoms with E-state index < -0.39 is 37.3 Å². The zero-order chi connectivity index (χ0) is 17.4. The number of nitrogens with zero attached hydrogens (tertiary/aromatic N) is 2. The third kappa shape index (κ3) is 2.77. The summed E-state index contributed by atoms with van der Waals surface area (Å²) >= 11 is 5.40. The van der Waals surface area contributed by atoms with Crippen molar-refractivity contribution in [2.45, 2.75) is 56.3 Å². The van der Waals surface area contributed by atoms with Gasteiger partial charge in [0.05, 0.1) is 12.2 Å². The first-order valence-corrected chi connectivity index (χ1v) is 8.38. The van der Waals surface area contributed by atoms with E-state index in [-0.39, 0.29) is 4.64 Å². The maximum atomic E-state index is 10.4. The largest absolute Gasteiger partial charge is 0.394 e. The maximum Gasteiger partial charge on any atom is 0.164 e. The molecule has 0 unspecified atom stereocenters. The van der Waals surface area contributed by atoms with Crippen LogP contribution in [0.3, 0.4) is 0 Å². The van der Waals surface area contributed by atoms with Gasteiger partial charge in [-0.1, -0.05) is 12.2 Å². The van der Waals surface area contributed by atoms with Crippen molar-refractivity contribution in [2.24, 2.45) is 0 Å². The zero-order valence-corrected chi connectivity index (χ0v) is 13.8. The third-order valence-corrected chi connectivity index (χ3v) is 5.20. The SMILES string of the molecule is N#Cc1cc2c(n([C@@H]3O[C@@H](CO)[C@@H](O)[C@@H](O)[C@@H]3O)c1=S)CCCC2. The second-order valence-corrected chi connectivity index (χ2v) is 6.63. The van der Waals surface area contributed by atoms with E-state index in [4.69, 9.17) is 17.0 Å². The first-order chi connectivity index (χ1) is 11.5. The van der Waals surface area contributed by atoms with E-state index in [1.807, 2.05) is 0 Å². The van der Waals surface area contributed by atoms with Gasteiger partial charge in [-0.2, -0.15) is 5.26 Å². The van der Waals surface area contributed by atoms with Crippen molar-refractivity contribution in [3.05, 3.63) is 27.5 Å². The number of ether oxygens (including phenoxy) is 1. The van der Waals surface area contributed by atoms with Crippen molar-refractivity contribution in [1.82, 2.24) is 4.57 Å². The van der Waals surface area contributed by atoms with Crippen molar-refractivity contribution < 1.29 is 25.2 Å². The number of pyridine rings is 1. The molecule has 0 aromatic carbocycles. The molecule has 1 saturated heterocycles. The molecule has 0 radical (unpaired) electrons. The van der Waals surface area contributed by atoms with Crippen LogP contribution in [-0.2, 0) is 17.6 Å². The summed E-state index contributed by atoms with van der Waals surface area (Å²) in [5.74, 6) is 0. The number of aliphatic hydroxyl groups is 4. The van der Waals surface area contributed by atoms with Gasteiger partial charge in [-0.05, 0) is 37.3 Å². The molecule has 4 N–H and O–H groups in total. The molecule has 1 aliphatic heterocycles. The highest BCUT2D eigenvalue weighted by molar-refractivity contribution is 7.71. The highest BCUT2D eigenvalue weighted by Crippen LogP contribution is 2.33. The predicted molar refractivity (Wildman–Crippen MR) is 85.6 cm³/mol. The predicted octanol–water partition coefficient (Wildman–Crippen LogP) is -0.0595. The lowest BCUT2D eigenvalue weighted by molar-refractivity contribution is -0.252. The minimum atomic E-state index is -1.48. The molecule has 2 aliphatic rings. The summed E-state index contributed by atoms with van der Waals surface area (Å²) in [6.07, 6.45) is -2.92. The second-order valence-electron chi connectivity index (χ2n) is 6.24. The molecule has 24 heavy (non-hydrogen) atoms. The van der Waals surface area contributed by atoms with Crippen molar-refractivity contribution in [3.63, 3.8) is 0 Å². The Hall–Kier alpha value is -1.34. The van der Waals surface area contributed by atoms with Crippen LogP contribution in [0.4, 0.5) is 0 Å². The Labute approximate surface area is 144 Å². The average molecular weight is 352 g/mol. The maximum absolute atomic E-state index is 10.4. The topological polar surface area (TPSA) is 119 Å². The fraction of sp³-hybridized carbons (Fsp3) is 0.625. The van der Waals surface area contributed by atoms with E-state index >= 15 is 0 Å². The fourth-order valence-corrected chi connectivity index (χ4v) is 3.79. The van der Waals surface area contributed by atoms with Gasteiger partial charge < -0.3 is 29.7 Å². The summed E-state index contributed by atoms with van der Waals surface area (Å²) < 4.78 is 7.44. The molecule has 2 heterocycles. The van der Waals surface area contributed by atoms with Gasteiger partial charge in [-0.25, -0.2) is 0 Å². The molecule has 8 heteroatoms. The van der Waals surface area contributed by atoms with Crippen molar-refractivity contribution in [2.75, 3.05) is 6.61 Å². The fourth-order valence-electron chi connectivity index (χ4n) is 3.48. The number of hydrogen-bond acceptors (Lipinski definition) is 7. The van der Waals surface area contributed by atoms with Crippen LogP contribution in [0.15, 0.2) is 6.07 Å². The molecule has 130 valence electrons. The lowest BCUT2D eigenvalue weighted by atomic mass is 9.93. The van der Waals surface area contributed by atoms with E-state index in [1.165, 1.54) is 0 Å². The van der Waals surface area contributed by atoms with Gasteiger partial charge in [0.1, 0.15) is 35.1 Å². The smallest absolute Gasteiger partial charge is 0.164 e. The Morgan fingerprint density at radius 1 is 1.21 bits per heavy atom. The van der Waals surface area contributed by atoms with Gasteiger partial charge >= 0.3 is 0 Å². The standard InChI is InChI=1S/C16H20N2O5S/c17-6-9-5-8-3-1-2-4-10(8)18(16(9)24)15-14(22)13(21)12(20)11(7-19)23-15/h5,11-15,19-22H,1-4,7H2/t11-,12+,13+,14-,15+/m0/s1. The molecular weight excluding hydrogens is 332 g/mol. The minimum absolute atomic E-state index is 0.225. The first-order valence-electron chi connectivity index (χ1n) is 7.97. The van der Waals surface area contributed by atoms with Crippen LogP contribution in [0.5, 0.6) is 0 Å². The summed E-state index contributed by atoms with van der Waals surface area (Å²) in [5.41, 5.74) is 2.15. The van der Waals surface area contributed by atoms with E-state index in [0.29, 0.717) is 5.56 Å². The normalized spacial score (nSPS) is 32.9.